The number of rotatable bonds is 4. The van der Waals surface area contributed by atoms with E-state index in [2.05, 4.69) is 10.3 Å². The number of halogens is 2. The Balaban J connectivity index is 1.96. The molecule has 0 bridgehead atoms. The molecule has 0 unspecified atom stereocenters. The van der Waals surface area contributed by atoms with Crippen molar-refractivity contribution < 1.29 is 13.9 Å². The van der Waals surface area contributed by atoms with Gasteiger partial charge in [-0.15, -0.1) is 0 Å². The average molecular weight is 264 g/mol. The van der Waals surface area contributed by atoms with Crippen LogP contribution in [0.2, 0.25) is 0 Å². The second kappa shape index (κ2) is 5.75. The Bertz CT molecular complexity index is 588. The van der Waals surface area contributed by atoms with Crippen LogP contribution in [-0.4, -0.2) is 10.1 Å². The summed E-state index contributed by atoms with van der Waals surface area (Å²) in [5.74, 6) is -1.61. The number of aromatic hydroxyl groups is 1. The molecule has 0 spiro atoms. The standard InChI is InChI=1S/C14H14F2N2O/c1-9-2-5-14(19)13(18-9)8-17-7-10-3-4-11(15)12(16)6-10/h2-6,17,19H,7-8H2,1H3. The molecule has 1 aromatic carbocycles. The lowest BCUT2D eigenvalue weighted by atomic mass is 10.2. The van der Waals surface area contributed by atoms with Crippen molar-refractivity contribution in [2.24, 2.45) is 0 Å². The molecule has 1 heterocycles. The van der Waals surface area contributed by atoms with Gasteiger partial charge in [-0.25, -0.2) is 8.78 Å². The number of nitrogens with one attached hydrogen (secondary N) is 1. The first kappa shape index (κ1) is 13.4. The van der Waals surface area contributed by atoms with Crippen molar-refractivity contribution in [1.29, 1.82) is 0 Å². The predicted octanol–water partition coefficient (Wildman–Crippen LogP) is 2.66. The lowest BCUT2D eigenvalue weighted by Crippen LogP contribution is -2.14. The highest BCUT2D eigenvalue weighted by molar-refractivity contribution is 5.27. The molecule has 2 aromatic rings. The zero-order valence-electron chi connectivity index (χ0n) is 10.5. The smallest absolute Gasteiger partial charge is 0.159 e. The quantitative estimate of drug-likeness (QED) is 0.892. The van der Waals surface area contributed by atoms with Crippen LogP contribution in [0.1, 0.15) is 17.0 Å². The van der Waals surface area contributed by atoms with Gasteiger partial charge in [0.2, 0.25) is 0 Å². The van der Waals surface area contributed by atoms with Gasteiger partial charge in [-0.1, -0.05) is 6.07 Å². The van der Waals surface area contributed by atoms with Crippen LogP contribution in [0.4, 0.5) is 8.78 Å². The molecule has 1 aromatic heterocycles. The van der Waals surface area contributed by atoms with Gasteiger partial charge in [0.1, 0.15) is 5.75 Å². The molecule has 0 fully saturated rings. The fourth-order valence-corrected chi connectivity index (χ4v) is 1.71. The lowest BCUT2D eigenvalue weighted by Gasteiger charge is -2.07. The third-order valence-corrected chi connectivity index (χ3v) is 2.69. The molecule has 2 N–H and O–H groups in total. The number of hydrogen-bond acceptors (Lipinski definition) is 3. The molecule has 5 heteroatoms. The van der Waals surface area contributed by atoms with Gasteiger partial charge >= 0.3 is 0 Å². The number of benzene rings is 1. The van der Waals surface area contributed by atoms with Crippen LogP contribution in [-0.2, 0) is 13.1 Å². The van der Waals surface area contributed by atoms with E-state index in [1.807, 2.05) is 6.92 Å². The topological polar surface area (TPSA) is 45.1 Å². The molecule has 0 aliphatic rings. The number of pyridine rings is 1. The Hall–Kier alpha value is -2.01. The highest BCUT2D eigenvalue weighted by atomic mass is 19.2. The molecule has 0 amide bonds. The Morgan fingerprint density at radius 3 is 2.63 bits per heavy atom. The molecule has 19 heavy (non-hydrogen) atoms. The number of aryl methyl sites for hydroxylation is 1. The summed E-state index contributed by atoms with van der Waals surface area (Å²) in [6.45, 7) is 2.55. The number of aromatic nitrogens is 1. The maximum atomic E-state index is 13.0. The van der Waals surface area contributed by atoms with Crippen molar-refractivity contribution in [3.8, 4) is 5.75 Å². The SMILES string of the molecule is Cc1ccc(O)c(CNCc2ccc(F)c(F)c2)n1. The van der Waals surface area contributed by atoms with E-state index in [0.717, 1.165) is 17.8 Å². The fourth-order valence-electron chi connectivity index (χ4n) is 1.71. The number of nitrogens with zero attached hydrogens (tertiary/aromatic N) is 1. The lowest BCUT2D eigenvalue weighted by molar-refractivity contribution is 0.458. The second-order valence-electron chi connectivity index (χ2n) is 4.27. The minimum atomic E-state index is -0.865. The van der Waals surface area contributed by atoms with Gasteiger partial charge in [0.25, 0.3) is 0 Å². The minimum absolute atomic E-state index is 0.114. The van der Waals surface area contributed by atoms with Crippen molar-refractivity contribution >= 4 is 0 Å². The van der Waals surface area contributed by atoms with E-state index in [9.17, 15) is 13.9 Å². The van der Waals surface area contributed by atoms with E-state index in [1.54, 1.807) is 12.1 Å². The first-order valence-corrected chi connectivity index (χ1v) is 5.86. The van der Waals surface area contributed by atoms with Gasteiger partial charge in [-0.2, -0.15) is 0 Å². The summed E-state index contributed by atoms with van der Waals surface area (Å²) in [5, 5.41) is 12.6. The van der Waals surface area contributed by atoms with Crippen LogP contribution in [0.25, 0.3) is 0 Å². The maximum absolute atomic E-state index is 13.0. The van der Waals surface area contributed by atoms with Gasteiger partial charge in [-0.05, 0) is 36.8 Å². The van der Waals surface area contributed by atoms with Crippen LogP contribution in [0.3, 0.4) is 0 Å². The van der Waals surface area contributed by atoms with E-state index >= 15 is 0 Å². The monoisotopic (exact) mass is 264 g/mol. The van der Waals surface area contributed by atoms with E-state index in [1.165, 1.54) is 6.07 Å². The average Bonchev–Trinajstić information content (AvgIpc) is 2.38. The predicted molar refractivity (Wildman–Crippen MR) is 67.5 cm³/mol. The van der Waals surface area contributed by atoms with Gasteiger partial charge < -0.3 is 10.4 Å². The van der Waals surface area contributed by atoms with Crippen LogP contribution in [0, 0.1) is 18.6 Å². The molecule has 0 radical (unpaired) electrons. The van der Waals surface area contributed by atoms with Crippen molar-refractivity contribution in [2.45, 2.75) is 20.0 Å². The maximum Gasteiger partial charge on any atom is 0.159 e. The molecule has 0 saturated carbocycles. The Kier molecular flexibility index (Phi) is 4.06. The van der Waals surface area contributed by atoms with Gasteiger partial charge in [0.15, 0.2) is 11.6 Å². The third-order valence-electron chi connectivity index (χ3n) is 2.69. The Morgan fingerprint density at radius 2 is 1.89 bits per heavy atom. The molecule has 2 rings (SSSR count). The summed E-state index contributed by atoms with van der Waals surface area (Å²) in [6, 6.07) is 7.04. The molecule has 0 aliphatic carbocycles. The zero-order chi connectivity index (χ0) is 13.8. The van der Waals surface area contributed by atoms with Crippen molar-refractivity contribution in [3.05, 3.63) is 58.9 Å². The van der Waals surface area contributed by atoms with Gasteiger partial charge in [-0.3, -0.25) is 4.98 Å². The van der Waals surface area contributed by atoms with Crippen molar-refractivity contribution in [1.82, 2.24) is 10.3 Å². The minimum Gasteiger partial charge on any atom is -0.506 e. The zero-order valence-corrected chi connectivity index (χ0v) is 10.5. The van der Waals surface area contributed by atoms with Gasteiger partial charge in [0.05, 0.1) is 5.69 Å². The molecular weight excluding hydrogens is 250 g/mol. The first-order chi connectivity index (χ1) is 9.06. The van der Waals surface area contributed by atoms with E-state index in [-0.39, 0.29) is 5.75 Å². The van der Waals surface area contributed by atoms with Crippen molar-refractivity contribution in [3.63, 3.8) is 0 Å². The highest BCUT2D eigenvalue weighted by Gasteiger charge is 2.05. The van der Waals surface area contributed by atoms with Crippen LogP contribution >= 0.6 is 0 Å². The normalized spacial score (nSPS) is 10.7. The molecule has 0 aliphatic heterocycles. The highest BCUT2D eigenvalue weighted by Crippen LogP contribution is 2.14. The second-order valence-corrected chi connectivity index (χ2v) is 4.27. The van der Waals surface area contributed by atoms with Gasteiger partial charge in [0, 0.05) is 18.8 Å². The molecule has 0 saturated heterocycles. The Labute approximate surface area is 109 Å². The van der Waals surface area contributed by atoms with E-state index in [4.69, 9.17) is 0 Å². The fraction of sp³-hybridized carbons (Fsp3) is 0.214. The number of hydrogen-bond donors (Lipinski definition) is 2. The summed E-state index contributed by atoms with van der Waals surface area (Å²) in [5.41, 5.74) is 1.97. The molecular formula is C14H14F2N2O. The molecule has 0 atom stereocenters. The largest absolute Gasteiger partial charge is 0.506 e. The third kappa shape index (κ3) is 3.48. The first-order valence-electron chi connectivity index (χ1n) is 5.86. The van der Waals surface area contributed by atoms with Crippen molar-refractivity contribution in [2.75, 3.05) is 0 Å². The molecule has 100 valence electrons. The van der Waals surface area contributed by atoms with E-state index in [0.29, 0.717) is 24.3 Å². The summed E-state index contributed by atoms with van der Waals surface area (Å²) in [4.78, 5) is 4.19. The van der Waals surface area contributed by atoms with Crippen LogP contribution in [0.15, 0.2) is 30.3 Å². The molecule has 3 nitrogen and oxygen atoms in total. The van der Waals surface area contributed by atoms with Crippen LogP contribution in [0.5, 0.6) is 5.75 Å². The Morgan fingerprint density at radius 1 is 1.11 bits per heavy atom. The van der Waals surface area contributed by atoms with E-state index < -0.39 is 11.6 Å². The summed E-state index contributed by atoms with van der Waals surface area (Å²) in [6.07, 6.45) is 0. The summed E-state index contributed by atoms with van der Waals surface area (Å²) in [7, 11) is 0. The summed E-state index contributed by atoms with van der Waals surface area (Å²) >= 11 is 0. The van der Waals surface area contributed by atoms with Crippen LogP contribution < -0.4 is 5.32 Å². The summed E-state index contributed by atoms with van der Waals surface area (Å²) < 4.78 is 25.7.